The number of unbranched alkanes of at least 4 members (excludes halogenated alkanes) is 1. The minimum Gasteiger partial charge on any atom is -0.377 e. The van der Waals surface area contributed by atoms with E-state index in [-0.39, 0.29) is 17.6 Å². The summed E-state index contributed by atoms with van der Waals surface area (Å²) in [6.45, 7) is 4.77. The van der Waals surface area contributed by atoms with Crippen LogP contribution in [0.1, 0.15) is 52.4 Å². The Labute approximate surface area is 99.0 Å². The molecule has 0 aromatic carbocycles. The van der Waals surface area contributed by atoms with Gasteiger partial charge in [-0.05, 0) is 52.4 Å². The average Bonchev–Trinajstić information content (AvgIpc) is 2.64. The number of nitrogens with zero attached hydrogens (tertiary/aromatic N) is 1. The minimum atomic E-state index is -0.191. The Hall–Kier alpha value is -0.590. The molecule has 3 heteroatoms. The van der Waals surface area contributed by atoms with Gasteiger partial charge in [0.05, 0.1) is 17.6 Å². The quantitative estimate of drug-likeness (QED) is 0.705. The lowest BCUT2D eigenvalue weighted by molar-refractivity contribution is 0.0449. The van der Waals surface area contributed by atoms with Crippen molar-refractivity contribution >= 4 is 0 Å². The molecule has 0 aromatic heterocycles. The van der Waals surface area contributed by atoms with E-state index in [9.17, 15) is 0 Å². The standard InChI is InChI=1S/C13H24N2O/c1-13(2,10-14)8-3-4-9-16-12-7-5-6-11(12)15/h11-12H,3-9,15H2,1-2H3. The number of hydrogen-bond donors (Lipinski definition) is 1. The summed E-state index contributed by atoms with van der Waals surface area (Å²) in [6.07, 6.45) is 6.74. The third kappa shape index (κ3) is 4.51. The van der Waals surface area contributed by atoms with Crippen LogP contribution in [0.25, 0.3) is 0 Å². The molecule has 2 N–H and O–H groups in total. The van der Waals surface area contributed by atoms with Crippen LogP contribution in [0.3, 0.4) is 0 Å². The van der Waals surface area contributed by atoms with Gasteiger partial charge in [0.2, 0.25) is 0 Å². The molecular weight excluding hydrogens is 200 g/mol. The van der Waals surface area contributed by atoms with E-state index in [1.54, 1.807) is 0 Å². The highest BCUT2D eigenvalue weighted by atomic mass is 16.5. The van der Waals surface area contributed by atoms with Gasteiger partial charge in [0.25, 0.3) is 0 Å². The maximum Gasteiger partial charge on any atom is 0.0725 e. The summed E-state index contributed by atoms with van der Waals surface area (Å²) in [5, 5.41) is 8.86. The molecular formula is C13H24N2O. The van der Waals surface area contributed by atoms with Crippen LogP contribution in [0.2, 0.25) is 0 Å². The van der Waals surface area contributed by atoms with E-state index < -0.39 is 0 Å². The summed E-state index contributed by atoms with van der Waals surface area (Å²) in [6, 6.07) is 2.57. The molecule has 0 aliphatic heterocycles. The average molecular weight is 224 g/mol. The van der Waals surface area contributed by atoms with E-state index in [1.807, 2.05) is 13.8 Å². The van der Waals surface area contributed by atoms with Crippen LogP contribution in [0.4, 0.5) is 0 Å². The van der Waals surface area contributed by atoms with Crippen molar-refractivity contribution in [3.05, 3.63) is 0 Å². The van der Waals surface area contributed by atoms with Crippen molar-refractivity contribution in [2.45, 2.75) is 64.5 Å². The minimum absolute atomic E-state index is 0.191. The van der Waals surface area contributed by atoms with Gasteiger partial charge in [-0.1, -0.05) is 0 Å². The van der Waals surface area contributed by atoms with E-state index in [2.05, 4.69) is 6.07 Å². The Bertz CT molecular complexity index is 245. The fourth-order valence-electron chi connectivity index (χ4n) is 2.12. The Kier molecular flexibility index (Phi) is 5.24. The molecule has 2 atom stereocenters. The summed E-state index contributed by atoms with van der Waals surface area (Å²) >= 11 is 0. The fourth-order valence-corrected chi connectivity index (χ4v) is 2.12. The molecule has 0 spiro atoms. The first-order chi connectivity index (χ1) is 7.55. The highest BCUT2D eigenvalue weighted by molar-refractivity contribution is 4.91. The molecule has 1 aliphatic rings. The maximum absolute atomic E-state index is 8.86. The van der Waals surface area contributed by atoms with Gasteiger partial charge in [-0.2, -0.15) is 5.26 Å². The SMILES string of the molecule is CC(C)(C#N)CCCCOC1CCCC1N. The topological polar surface area (TPSA) is 59.0 Å². The van der Waals surface area contributed by atoms with E-state index >= 15 is 0 Å². The van der Waals surface area contributed by atoms with Crippen molar-refractivity contribution in [1.82, 2.24) is 0 Å². The van der Waals surface area contributed by atoms with Gasteiger partial charge in [0.1, 0.15) is 0 Å². The molecule has 92 valence electrons. The Balaban J connectivity index is 2.02. The number of ether oxygens (including phenoxy) is 1. The van der Waals surface area contributed by atoms with Gasteiger partial charge in [-0.25, -0.2) is 0 Å². The molecule has 0 saturated heterocycles. The normalized spacial score (nSPS) is 25.6. The van der Waals surface area contributed by atoms with Crippen molar-refractivity contribution in [3.8, 4) is 6.07 Å². The lowest BCUT2D eigenvalue weighted by Gasteiger charge is -2.17. The highest BCUT2D eigenvalue weighted by Crippen LogP contribution is 2.23. The van der Waals surface area contributed by atoms with Crippen molar-refractivity contribution in [2.75, 3.05) is 6.61 Å². The second kappa shape index (κ2) is 6.22. The van der Waals surface area contributed by atoms with Crippen LogP contribution in [0.5, 0.6) is 0 Å². The van der Waals surface area contributed by atoms with Crippen molar-refractivity contribution in [3.63, 3.8) is 0 Å². The molecule has 1 rings (SSSR count). The molecule has 3 nitrogen and oxygen atoms in total. The molecule has 1 fully saturated rings. The highest BCUT2D eigenvalue weighted by Gasteiger charge is 2.24. The first kappa shape index (κ1) is 13.5. The molecule has 16 heavy (non-hydrogen) atoms. The summed E-state index contributed by atoms with van der Waals surface area (Å²) < 4.78 is 5.76. The van der Waals surface area contributed by atoms with Crippen LogP contribution >= 0.6 is 0 Å². The molecule has 0 aromatic rings. The summed E-state index contributed by atoms with van der Waals surface area (Å²) in [7, 11) is 0. The van der Waals surface area contributed by atoms with Crippen LogP contribution in [-0.4, -0.2) is 18.8 Å². The summed E-state index contributed by atoms with van der Waals surface area (Å²) in [5.41, 5.74) is 5.73. The Morgan fingerprint density at radius 2 is 2.12 bits per heavy atom. The van der Waals surface area contributed by atoms with Gasteiger partial charge in [0.15, 0.2) is 0 Å². The van der Waals surface area contributed by atoms with Gasteiger partial charge in [-0.15, -0.1) is 0 Å². The molecule has 1 aliphatic carbocycles. The van der Waals surface area contributed by atoms with E-state index in [4.69, 9.17) is 15.7 Å². The van der Waals surface area contributed by atoms with Crippen molar-refractivity contribution in [2.24, 2.45) is 11.1 Å². The van der Waals surface area contributed by atoms with Gasteiger partial charge >= 0.3 is 0 Å². The third-order valence-electron chi connectivity index (χ3n) is 3.33. The van der Waals surface area contributed by atoms with Crippen molar-refractivity contribution in [1.29, 1.82) is 5.26 Å². The Morgan fingerprint density at radius 3 is 2.69 bits per heavy atom. The van der Waals surface area contributed by atoms with Gasteiger partial charge in [-0.3, -0.25) is 0 Å². The van der Waals surface area contributed by atoms with Gasteiger partial charge in [0, 0.05) is 12.6 Å². The Morgan fingerprint density at radius 1 is 1.38 bits per heavy atom. The largest absolute Gasteiger partial charge is 0.377 e. The molecule has 2 unspecified atom stereocenters. The predicted molar refractivity (Wildman–Crippen MR) is 64.8 cm³/mol. The second-order valence-corrected chi connectivity index (χ2v) is 5.46. The molecule has 0 heterocycles. The number of rotatable bonds is 6. The zero-order valence-electron chi connectivity index (χ0n) is 10.5. The lowest BCUT2D eigenvalue weighted by atomic mass is 9.89. The first-order valence-electron chi connectivity index (χ1n) is 6.33. The molecule has 0 radical (unpaired) electrons. The van der Waals surface area contributed by atoms with Gasteiger partial charge < -0.3 is 10.5 Å². The van der Waals surface area contributed by atoms with E-state index in [0.717, 1.165) is 38.7 Å². The lowest BCUT2D eigenvalue weighted by Crippen LogP contribution is -2.31. The first-order valence-corrected chi connectivity index (χ1v) is 6.33. The van der Waals surface area contributed by atoms with Crippen LogP contribution < -0.4 is 5.73 Å². The zero-order valence-corrected chi connectivity index (χ0v) is 10.5. The number of nitrogens with two attached hydrogens (primary N) is 1. The smallest absolute Gasteiger partial charge is 0.0725 e. The zero-order chi connectivity index (χ0) is 12.0. The maximum atomic E-state index is 8.86. The molecule has 0 bridgehead atoms. The molecule has 0 amide bonds. The number of hydrogen-bond acceptors (Lipinski definition) is 3. The molecule has 1 saturated carbocycles. The predicted octanol–water partition coefficient (Wildman–Crippen LogP) is 2.60. The van der Waals surface area contributed by atoms with Crippen LogP contribution in [0, 0.1) is 16.7 Å². The number of nitriles is 1. The third-order valence-corrected chi connectivity index (χ3v) is 3.33. The second-order valence-electron chi connectivity index (χ2n) is 5.46. The van der Waals surface area contributed by atoms with Crippen LogP contribution in [0.15, 0.2) is 0 Å². The fraction of sp³-hybridized carbons (Fsp3) is 0.923. The van der Waals surface area contributed by atoms with E-state index in [0.29, 0.717) is 0 Å². The summed E-state index contributed by atoms with van der Waals surface area (Å²) in [5.74, 6) is 0. The summed E-state index contributed by atoms with van der Waals surface area (Å²) in [4.78, 5) is 0. The van der Waals surface area contributed by atoms with Crippen LogP contribution in [-0.2, 0) is 4.74 Å². The monoisotopic (exact) mass is 224 g/mol. The van der Waals surface area contributed by atoms with E-state index in [1.165, 1.54) is 6.42 Å². The van der Waals surface area contributed by atoms with Crippen molar-refractivity contribution < 1.29 is 4.74 Å².